The molecule has 0 atom stereocenters. The van der Waals surface area contributed by atoms with E-state index in [0.29, 0.717) is 11.3 Å². The number of carbonyl (C=O) groups excluding carboxylic acids is 2. The molecule has 1 aliphatic rings. The zero-order chi connectivity index (χ0) is 18.0. The molecule has 2 aromatic carbocycles. The first-order valence-electron chi connectivity index (χ1n) is 7.60. The van der Waals surface area contributed by atoms with E-state index in [1.165, 1.54) is 12.1 Å². The highest BCUT2D eigenvalue weighted by Crippen LogP contribution is 2.24. The maximum absolute atomic E-state index is 12.3. The number of carbonyl (C=O) groups is 2. The van der Waals surface area contributed by atoms with Gasteiger partial charge in [0.2, 0.25) is 0 Å². The van der Waals surface area contributed by atoms with E-state index in [9.17, 15) is 19.7 Å². The van der Waals surface area contributed by atoms with Gasteiger partial charge in [-0.2, -0.15) is 0 Å². The molecule has 0 aliphatic heterocycles. The minimum atomic E-state index is -0.661. The number of benzene rings is 2. The predicted molar refractivity (Wildman–Crippen MR) is 93.0 cm³/mol. The molecule has 1 aliphatic carbocycles. The second-order valence-electron chi connectivity index (χ2n) is 5.70. The fourth-order valence-corrected chi connectivity index (χ4v) is 2.41. The van der Waals surface area contributed by atoms with Gasteiger partial charge in [0.15, 0.2) is 0 Å². The predicted octanol–water partition coefficient (Wildman–Crippen LogP) is 3.39. The van der Waals surface area contributed by atoms with Crippen LogP contribution in [0.15, 0.2) is 42.5 Å². The lowest BCUT2D eigenvalue weighted by Gasteiger charge is -2.08. The van der Waals surface area contributed by atoms with Gasteiger partial charge in [-0.25, -0.2) is 0 Å². The van der Waals surface area contributed by atoms with Crippen molar-refractivity contribution in [2.24, 2.45) is 0 Å². The van der Waals surface area contributed by atoms with Crippen molar-refractivity contribution in [3.8, 4) is 0 Å². The summed E-state index contributed by atoms with van der Waals surface area (Å²) in [6, 6.07) is 10.4. The zero-order valence-electron chi connectivity index (χ0n) is 13.0. The van der Waals surface area contributed by atoms with Gasteiger partial charge < -0.3 is 10.6 Å². The molecule has 1 saturated carbocycles. The molecule has 0 aromatic heterocycles. The van der Waals surface area contributed by atoms with Crippen LogP contribution in [-0.2, 0) is 0 Å². The summed E-state index contributed by atoms with van der Waals surface area (Å²) < 4.78 is 0. The molecule has 8 heteroatoms. The van der Waals surface area contributed by atoms with Crippen LogP contribution in [0.5, 0.6) is 0 Å². The molecule has 0 saturated heterocycles. The normalized spacial score (nSPS) is 13.2. The number of anilines is 1. The highest BCUT2D eigenvalue weighted by Gasteiger charge is 2.24. The Kier molecular flexibility index (Phi) is 4.67. The molecular formula is C17H14ClN3O4. The van der Waals surface area contributed by atoms with E-state index in [2.05, 4.69) is 10.6 Å². The summed E-state index contributed by atoms with van der Waals surface area (Å²) in [5, 5.41) is 16.7. The molecule has 2 amide bonds. The molecule has 7 nitrogen and oxygen atoms in total. The van der Waals surface area contributed by atoms with Crippen LogP contribution >= 0.6 is 11.6 Å². The maximum atomic E-state index is 12.3. The minimum Gasteiger partial charge on any atom is -0.349 e. The molecule has 0 unspecified atom stereocenters. The Morgan fingerprint density at radius 3 is 2.36 bits per heavy atom. The fraction of sp³-hybridized carbons (Fsp3) is 0.176. The van der Waals surface area contributed by atoms with E-state index in [1.807, 2.05) is 0 Å². The second-order valence-corrected chi connectivity index (χ2v) is 6.13. The molecule has 2 N–H and O–H groups in total. The molecule has 0 spiro atoms. The number of rotatable bonds is 5. The summed E-state index contributed by atoms with van der Waals surface area (Å²) in [5.41, 5.74) is 0.454. The van der Waals surface area contributed by atoms with Crippen molar-refractivity contribution in [3.05, 3.63) is 68.7 Å². The first kappa shape index (κ1) is 16.9. The van der Waals surface area contributed by atoms with Gasteiger partial charge in [0.1, 0.15) is 5.56 Å². The Bertz CT molecular complexity index is 847. The summed E-state index contributed by atoms with van der Waals surface area (Å²) >= 11 is 5.74. The molecular weight excluding hydrogens is 346 g/mol. The van der Waals surface area contributed by atoms with Gasteiger partial charge in [-0.1, -0.05) is 11.6 Å². The monoisotopic (exact) mass is 359 g/mol. The zero-order valence-corrected chi connectivity index (χ0v) is 13.7. The third kappa shape index (κ3) is 4.13. The Morgan fingerprint density at radius 2 is 1.76 bits per heavy atom. The quantitative estimate of drug-likeness (QED) is 0.631. The molecule has 25 heavy (non-hydrogen) atoms. The van der Waals surface area contributed by atoms with Gasteiger partial charge in [-0.15, -0.1) is 0 Å². The summed E-state index contributed by atoms with van der Waals surface area (Å²) in [6.45, 7) is 0. The smallest absolute Gasteiger partial charge is 0.283 e. The largest absolute Gasteiger partial charge is 0.349 e. The van der Waals surface area contributed by atoms with E-state index < -0.39 is 10.8 Å². The van der Waals surface area contributed by atoms with E-state index in [-0.39, 0.29) is 28.2 Å². The average Bonchev–Trinajstić information content (AvgIpc) is 3.39. The summed E-state index contributed by atoms with van der Waals surface area (Å²) in [5.74, 6) is -0.785. The fourth-order valence-electron chi connectivity index (χ4n) is 2.25. The van der Waals surface area contributed by atoms with Crippen LogP contribution in [0.1, 0.15) is 33.6 Å². The van der Waals surface area contributed by atoms with Gasteiger partial charge in [-0.3, -0.25) is 19.7 Å². The van der Waals surface area contributed by atoms with E-state index in [4.69, 9.17) is 11.6 Å². The van der Waals surface area contributed by atoms with Gasteiger partial charge >= 0.3 is 0 Å². The highest BCUT2D eigenvalue weighted by molar-refractivity contribution is 6.31. The molecule has 128 valence electrons. The number of nitro groups is 1. The van der Waals surface area contributed by atoms with Crippen LogP contribution in [0, 0.1) is 10.1 Å². The van der Waals surface area contributed by atoms with Gasteiger partial charge in [0, 0.05) is 28.4 Å². The third-order valence-corrected chi connectivity index (χ3v) is 3.95. The number of hydrogen-bond acceptors (Lipinski definition) is 4. The number of halogens is 1. The SMILES string of the molecule is O=C(NC1CC1)c1ccc(NC(=O)c2ccc(Cl)cc2[N+](=O)[O-])cc1. The lowest BCUT2D eigenvalue weighted by atomic mass is 10.1. The van der Waals surface area contributed by atoms with Crippen molar-refractivity contribution in [2.75, 3.05) is 5.32 Å². The molecule has 3 rings (SSSR count). The van der Waals surface area contributed by atoms with Crippen LogP contribution in [0.4, 0.5) is 11.4 Å². The molecule has 0 heterocycles. The standard InChI is InChI=1S/C17H14ClN3O4/c18-11-3-8-14(15(9-11)21(24)25)17(23)20-12-4-1-10(2-5-12)16(22)19-13-6-7-13/h1-5,8-9,13H,6-7H2,(H,19,22)(H,20,23). The van der Waals surface area contributed by atoms with Crippen LogP contribution in [0.3, 0.4) is 0 Å². The first-order valence-corrected chi connectivity index (χ1v) is 7.98. The van der Waals surface area contributed by atoms with E-state index in [0.717, 1.165) is 18.9 Å². The number of amides is 2. The summed E-state index contributed by atoms with van der Waals surface area (Å²) in [6.07, 6.45) is 2.00. The Labute approximate surface area is 148 Å². The molecule has 2 aromatic rings. The minimum absolute atomic E-state index is 0.0926. The van der Waals surface area contributed by atoms with Crippen molar-refractivity contribution >= 4 is 34.8 Å². The number of nitrogens with one attached hydrogen (secondary N) is 2. The van der Waals surface area contributed by atoms with Gasteiger partial charge in [-0.05, 0) is 49.2 Å². The molecule has 0 radical (unpaired) electrons. The van der Waals surface area contributed by atoms with Gasteiger partial charge in [0.25, 0.3) is 17.5 Å². The van der Waals surface area contributed by atoms with E-state index in [1.54, 1.807) is 24.3 Å². The Balaban J connectivity index is 1.72. The van der Waals surface area contributed by atoms with Crippen molar-refractivity contribution in [1.29, 1.82) is 0 Å². The number of nitrogens with zero attached hydrogens (tertiary/aromatic N) is 1. The number of hydrogen-bond donors (Lipinski definition) is 2. The number of nitro benzene ring substituents is 1. The summed E-state index contributed by atoms with van der Waals surface area (Å²) in [7, 11) is 0. The van der Waals surface area contributed by atoms with Crippen molar-refractivity contribution < 1.29 is 14.5 Å². The van der Waals surface area contributed by atoms with Crippen LogP contribution in [-0.4, -0.2) is 22.8 Å². The maximum Gasteiger partial charge on any atom is 0.283 e. The lowest BCUT2D eigenvalue weighted by Crippen LogP contribution is -2.25. The Morgan fingerprint density at radius 1 is 1.08 bits per heavy atom. The van der Waals surface area contributed by atoms with Crippen LogP contribution in [0.2, 0.25) is 5.02 Å². The highest BCUT2D eigenvalue weighted by atomic mass is 35.5. The molecule has 1 fully saturated rings. The van der Waals surface area contributed by atoms with Crippen molar-refractivity contribution in [1.82, 2.24) is 5.32 Å². The van der Waals surface area contributed by atoms with Crippen LogP contribution < -0.4 is 10.6 Å². The molecule has 0 bridgehead atoms. The van der Waals surface area contributed by atoms with Crippen molar-refractivity contribution in [3.63, 3.8) is 0 Å². The van der Waals surface area contributed by atoms with Gasteiger partial charge in [0.05, 0.1) is 4.92 Å². The first-order chi connectivity index (χ1) is 11.9. The third-order valence-electron chi connectivity index (χ3n) is 3.72. The van der Waals surface area contributed by atoms with Crippen LogP contribution in [0.25, 0.3) is 0 Å². The second kappa shape index (κ2) is 6.90. The Hall–Kier alpha value is -2.93. The topological polar surface area (TPSA) is 101 Å². The van der Waals surface area contributed by atoms with E-state index >= 15 is 0 Å². The average molecular weight is 360 g/mol. The lowest BCUT2D eigenvalue weighted by molar-refractivity contribution is -0.385. The summed E-state index contributed by atoms with van der Waals surface area (Å²) in [4.78, 5) is 34.6. The van der Waals surface area contributed by atoms with Crippen molar-refractivity contribution in [2.45, 2.75) is 18.9 Å².